The summed E-state index contributed by atoms with van der Waals surface area (Å²) in [4.78, 5) is 14.9. The molecule has 0 radical (unpaired) electrons. The van der Waals surface area contributed by atoms with Gasteiger partial charge in [0.15, 0.2) is 0 Å². The Hall–Kier alpha value is -1.29. The maximum Gasteiger partial charge on any atom is 0.257 e. The predicted molar refractivity (Wildman–Crippen MR) is 57.0 cm³/mol. The van der Waals surface area contributed by atoms with Crippen LogP contribution in [0.4, 0.5) is 0 Å². The molecule has 2 rings (SSSR count). The lowest BCUT2D eigenvalue weighted by Crippen LogP contribution is -1.92. The number of rotatable bonds is 2. The number of thioether (sulfide) groups is 1. The van der Waals surface area contributed by atoms with Crippen LogP contribution in [0, 0.1) is 0 Å². The molecule has 4 heteroatoms. The number of benzene rings is 1. The quantitative estimate of drug-likeness (QED) is 0.741. The summed E-state index contributed by atoms with van der Waals surface area (Å²) in [6, 6.07) is 7.56. The minimum Gasteiger partial charge on any atom is -0.497 e. The topological polar surface area (TPSA) is 38.7 Å². The zero-order valence-electron chi connectivity index (χ0n) is 7.69. The number of nitrogens with zero attached hydrogens (tertiary/aromatic N) is 1. The van der Waals surface area contributed by atoms with Crippen molar-refractivity contribution in [2.75, 3.05) is 12.9 Å². The van der Waals surface area contributed by atoms with E-state index < -0.39 is 0 Å². The Labute approximate surface area is 86.2 Å². The monoisotopic (exact) mass is 207 g/mol. The van der Waals surface area contributed by atoms with Crippen molar-refractivity contribution in [3.05, 3.63) is 29.8 Å². The van der Waals surface area contributed by atoms with Crippen LogP contribution in [0.3, 0.4) is 0 Å². The summed E-state index contributed by atoms with van der Waals surface area (Å²) in [5.41, 5.74) is 0.945. The Kier molecular flexibility index (Phi) is 2.54. The molecule has 0 atom stereocenters. The van der Waals surface area contributed by atoms with Gasteiger partial charge in [-0.05, 0) is 12.1 Å². The molecule has 0 unspecified atom stereocenters. The molecule has 3 nitrogen and oxygen atoms in total. The first-order valence-electron chi connectivity index (χ1n) is 4.18. The second kappa shape index (κ2) is 3.84. The Balaban J connectivity index is 2.32. The van der Waals surface area contributed by atoms with E-state index in [1.54, 1.807) is 7.11 Å². The third kappa shape index (κ3) is 1.80. The van der Waals surface area contributed by atoms with Crippen molar-refractivity contribution < 1.29 is 9.53 Å². The zero-order chi connectivity index (χ0) is 9.97. The van der Waals surface area contributed by atoms with Gasteiger partial charge in [0.25, 0.3) is 5.91 Å². The van der Waals surface area contributed by atoms with Crippen LogP contribution < -0.4 is 4.74 Å². The lowest BCUT2D eigenvalue weighted by atomic mass is 10.2. The number of hydrogen-bond donors (Lipinski definition) is 0. The van der Waals surface area contributed by atoms with Crippen LogP contribution in [0.1, 0.15) is 5.56 Å². The second-order valence-electron chi connectivity index (χ2n) is 2.83. The Morgan fingerprint density at radius 3 is 3.00 bits per heavy atom. The Morgan fingerprint density at radius 1 is 1.50 bits per heavy atom. The van der Waals surface area contributed by atoms with E-state index >= 15 is 0 Å². The first-order chi connectivity index (χ1) is 6.79. The van der Waals surface area contributed by atoms with Crippen molar-refractivity contribution >= 4 is 22.7 Å². The number of amides is 1. The molecule has 0 N–H and O–H groups in total. The molecule has 72 valence electrons. The molecule has 0 spiro atoms. The second-order valence-corrected chi connectivity index (χ2v) is 3.80. The average molecular weight is 207 g/mol. The number of carbonyl (C=O) groups is 1. The SMILES string of the molecule is COc1cccc(C2=NC(=O)CS2)c1. The fourth-order valence-electron chi connectivity index (χ4n) is 1.21. The van der Waals surface area contributed by atoms with E-state index in [2.05, 4.69) is 4.99 Å². The molecule has 0 saturated heterocycles. The Bertz CT molecular complexity index is 401. The fourth-order valence-corrected chi connectivity index (χ4v) is 2.00. The third-order valence-electron chi connectivity index (χ3n) is 1.88. The van der Waals surface area contributed by atoms with E-state index in [1.807, 2.05) is 24.3 Å². The molecule has 1 aromatic rings. The highest BCUT2D eigenvalue weighted by atomic mass is 32.2. The summed E-state index contributed by atoms with van der Waals surface area (Å²) < 4.78 is 5.09. The predicted octanol–water partition coefficient (Wildman–Crippen LogP) is 1.72. The fraction of sp³-hybridized carbons (Fsp3) is 0.200. The summed E-state index contributed by atoms with van der Waals surface area (Å²) in [5, 5.41) is 0.786. The zero-order valence-corrected chi connectivity index (χ0v) is 8.50. The van der Waals surface area contributed by atoms with Crippen molar-refractivity contribution in [3.63, 3.8) is 0 Å². The van der Waals surface area contributed by atoms with Crippen LogP contribution >= 0.6 is 11.8 Å². The lowest BCUT2D eigenvalue weighted by Gasteiger charge is -2.02. The largest absolute Gasteiger partial charge is 0.497 e. The molecule has 0 fully saturated rings. The molecule has 1 heterocycles. The van der Waals surface area contributed by atoms with Gasteiger partial charge in [-0.25, -0.2) is 4.99 Å². The minimum atomic E-state index is -0.0622. The number of aliphatic imine (C=N–C) groups is 1. The molecular formula is C10H9NO2S. The highest BCUT2D eigenvalue weighted by Gasteiger charge is 2.16. The highest BCUT2D eigenvalue weighted by Crippen LogP contribution is 2.22. The number of ether oxygens (including phenoxy) is 1. The van der Waals surface area contributed by atoms with E-state index in [-0.39, 0.29) is 5.91 Å². The molecular weight excluding hydrogens is 198 g/mol. The maximum absolute atomic E-state index is 10.9. The maximum atomic E-state index is 10.9. The first kappa shape index (κ1) is 9.27. The third-order valence-corrected chi connectivity index (χ3v) is 2.87. The van der Waals surface area contributed by atoms with Crippen LogP contribution in [0.2, 0.25) is 0 Å². The normalized spacial score (nSPS) is 15.5. The van der Waals surface area contributed by atoms with Crippen LogP contribution in [-0.4, -0.2) is 23.8 Å². The molecule has 1 aliphatic rings. The minimum absolute atomic E-state index is 0.0622. The van der Waals surface area contributed by atoms with Gasteiger partial charge >= 0.3 is 0 Å². The van der Waals surface area contributed by atoms with Crippen molar-refractivity contribution in [1.29, 1.82) is 0 Å². The molecule has 0 bridgehead atoms. The summed E-state index contributed by atoms with van der Waals surface area (Å²) >= 11 is 1.47. The van der Waals surface area contributed by atoms with Crippen LogP contribution in [0.25, 0.3) is 0 Å². The molecule has 1 aromatic carbocycles. The van der Waals surface area contributed by atoms with Gasteiger partial charge in [-0.1, -0.05) is 23.9 Å². The van der Waals surface area contributed by atoms with Gasteiger partial charge in [0.1, 0.15) is 10.8 Å². The van der Waals surface area contributed by atoms with E-state index in [9.17, 15) is 4.79 Å². The van der Waals surface area contributed by atoms with Crippen molar-refractivity contribution in [2.45, 2.75) is 0 Å². The van der Waals surface area contributed by atoms with E-state index in [4.69, 9.17) is 4.74 Å². The average Bonchev–Trinajstić information content (AvgIpc) is 2.65. The van der Waals surface area contributed by atoms with Gasteiger partial charge in [-0.15, -0.1) is 0 Å². The standard InChI is InChI=1S/C10H9NO2S/c1-13-8-4-2-3-7(5-8)10-11-9(12)6-14-10/h2-5H,6H2,1H3. The van der Waals surface area contributed by atoms with Crippen LogP contribution in [-0.2, 0) is 4.79 Å². The van der Waals surface area contributed by atoms with Crippen molar-refractivity contribution in [3.8, 4) is 5.75 Å². The Morgan fingerprint density at radius 2 is 2.36 bits per heavy atom. The molecule has 1 aliphatic heterocycles. The molecule has 0 aliphatic carbocycles. The summed E-state index contributed by atoms with van der Waals surface area (Å²) in [6.45, 7) is 0. The molecule has 0 saturated carbocycles. The van der Waals surface area contributed by atoms with E-state index in [0.717, 1.165) is 16.4 Å². The first-order valence-corrected chi connectivity index (χ1v) is 5.17. The van der Waals surface area contributed by atoms with Gasteiger partial charge in [0.2, 0.25) is 0 Å². The van der Waals surface area contributed by atoms with Gasteiger partial charge in [-0.2, -0.15) is 0 Å². The smallest absolute Gasteiger partial charge is 0.257 e. The van der Waals surface area contributed by atoms with Crippen LogP contribution in [0.5, 0.6) is 5.75 Å². The molecule has 14 heavy (non-hydrogen) atoms. The van der Waals surface area contributed by atoms with Crippen molar-refractivity contribution in [2.24, 2.45) is 4.99 Å². The van der Waals surface area contributed by atoms with Gasteiger partial charge in [0.05, 0.1) is 12.9 Å². The highest BCUT2D eigenvalue weighted by molar-refractivity contribution is 8.15. The lowest BCUT2D eigenvalue weighted by molar-refractivity contribution is -0.115. The van der Waals surface area contributed by atoms with Gasteiger partial charge < -0.3 is 4.74 Å². The molecule has 0 aromatic heterocycles. The van der Waals surface area contributed by atoms with E-state index in [1.165, 1.54) is 11.8 Å². The summed E-state index contributed by atoms with van der Waals surface area (Å²) in [7, 11) is 1.62. The van der Waals surface area contributed by atoms with Gasteiger partial charge in [0, 0.05) is 5.56 Å². The van der Waals surface area contributed by atoms with Crippen molar-refractivity contribution in [1.82, 2.24) is 0 Å². The van der Waals surface area contributed by atoms with Gasteiger partial charge in [-0.3, -0.25) is 4.79 Å². The number of carbonyl (C=O) groups excluding carboxylic acids is 1. The number of hydrogen-bond acceptors (Lipinski definition) is 3. The number of methoxy groups -OCH3 is 1. The summed E-state index contributed by atoms with van der Waals surface area (Å²) in [5.74, 6) is 1.17. The molecule has 1 amide bonds. The summed E-state index contributed by atoms with van der Waals surface area (Å²) in [6.07, 6.45) is 0. The van der Waals surface area contributed by atoms with Crippen LogP contribution in [0.15, 0.2) is 29.3 Å². The van der Waals surface area contributed by atoms with E-state index in [0.29, 0.717) is 5.75 Å².